The lowest BCUT2D eigenvalue weighted by Crippen LogP contribution is -2.17. The summed E-state index contributed by atoms with van der Waals surface area (Å²) in [5.41, 5.74) is 0.624. The van der Waals surface area contributed by atoms with Crippen molar-refractivity contribution in [3.63, 3.8) is 0 Å². The molecule has 1 fully saturated rings. The Morgan fingerprint density at radius 3 is 2.50 bits per heavy atom. The first kappa shape index (κ1) is 15.3. The fourth-order valence-corrected chi connectivity index (χ4v) is 3.42. The highest BCUT2D eigenvalue weighted by Crippen LogP contribution is 2.27. The Balaban J connectivity index is 2.32. The summed E-state index contributed by atoms with van der Waals surface area (Å²) in [6.45, 7) is 1.61. The van der Waals surface area contributed by atoms with E-state index in [0.29, 0.717) is 5.56 Å². The highest BCUT2D eigenvalue weighted by atomic mass is 35.5. The number of benzene rings is 1. The number of hydrogen-bond acceptors (Lipinski definition) is 4. The quantitative estimate of drug-likeness (QED) is 0.867. The standard InChI is InChI=1S/C13H16ClNO4S/c1-8-6-9(7-11(12(8)14)20(15,17)18)13(16)19-10-4-2-3-5-10/h6-7,10H,2-5H2,1H3,(H2,15,17,18). The number of sulfonamides is 1. The molecule has 0 atom stereocenters. The summed E-state index contributed by atoms with van der Waals surface area (Å²) in [4.78, 5) is 11.8. The minimum atomic E-state index is -3.98. The molecule has 7 heteroatoms. The van der Waals surface area contributed by atoms with E-state index in [-0.39, 0.29) is 21.6 Å². The van der Waals surface area contributed by atoms with E-state index in [1.807, 2.05) is 0 Å². The zero-order chi connectivity index (χ0) is 14.9. The maximum absolute atomic E-state index is 12.0. The second-order valence-corrected chi connectivity index (χ2v) is 6.87. The lowest BCUT2D eigenvalue weighted by Gasteiger charge is -2.13. The van der Waals surface area contributed by atoms with Crippen molar-refractivity contribution < 1.29 is 17.9 Å². The summed E-state index contributed by atoms with van der Waals surface area (Å²) in [7, 11) is -3.98. The van der Waals surface area contributed by atoms with E-state index in [1.165, 1.54) is 12.1 Å². The molecule has 1 aromatic carbocycles. The number of esters is 1. The zero-order valence-electron chi connectivity index (χ0n) is 11.1. The van der Waals surface area contributed by atoms with Crippen molar-refractivity contribution in [3.05, 3.63) is 28.3 Å². The third-order valence-electron chi connectivity index (χ3n) is 3.34. The molecular formula is C13H16ClNO4S. The van der Waals surface area contributed by atoms with Gasteiger partial charge in [0.1, 0.15) is 11.0 Å². The van der Waals surface area contributed by atoms with Gasteiger partial charge in [-0.25, -0.2) is 18.4 Å². The van der Waals surface area contributed by atoms with E-state index in [1.54, 1.807) is 6.92 Å². The molecule has 1 aliphatic rings. The lowest BCUT2D eigenvalue weighted by molar-refractivity contribution is 0.0317. The van der Waals surface area contributed by atoms with Gasteiger partial charge in [-0.05, 0) is 50.3 Å². The summed E-state index contributed by atoms with van der Waals surface area (Å²) in [6, 6.07) is 2.68. The molecule has 2 rings (SSSR count). The van der Waals surface area contributed by atoms with Crippen molar-refractivity contribution in [1.29, 1.82) is 0 Å². The third kappa shape index (κ3) is 3.31. The molecular weight excluding hydrogens is 302 g/mol. The molecule has 1 aromatic rings. The molecule has 0 aromatic heterocycles. The van der Waals surface area contributed by atoms with Gasteiger partial charge in [-0.1, -0.05) is 11.6 Å². The van der Waals surface area contributed by atoms with Crippen molar-refractivity contribution in [2.75, 3.05) is 0 Å². The van der Waals surface area contributed by atoms with Crippen LogP contribution in [0, 0.1) is 6.92 Å². The normalized spacial score (nSPS) is 16.4. The van der Waals surface area contributed by atoms with Gasteiger partial charge in [0, 0.05) is 0 Å². The minimum absolute atomic E-state index is 0.0323. The fourth-order valence-electron chi connectivity index (χ4n) is 2.29. The number of nitrogens with two attached hydrogens (primary N) is 1. The maximum atomic E-state index is 12.0. The van der Waals surface area contributed by atoms with Crippen molar-refractivity contribution in [1.82, 2.24) is 0 Å². The van der Waals surface area contributed by atoms with Crippen LogP contribution in [0.5, 0.6) is 0 Å². The molecule has 110 valence electrons. The molecule has 5 nitrogen and oxygen atoms in total. The van der Waals surface area contributed by atoms with Crippen LogP contribution < -0.4 is 5.14 Å². The maximum Gasteiger partial charge on any atom is 0.338 e. The number of halogens is 1. The number of ether oxygens (including phenoxy) is 1. The van der Waals surface area contributed by atoms with Crippen molar-refractivity contribution in [2.24, 2.45) is 5.14 Å². The Morgan fingerprint density at radius 2 is 1.95 bits per heavy atom. The van der Waals surface area contributed by atoms with Gasteiger partial charge < -0.3 is 4.74 Å². The smallest absolute Gasteiger partial charge is 0.338 e. The SMILES string of the molecule is Cc1cc(C(=O)OC2CCCC2)cc(S(N)(=O)=O)c1Cl. The molecule has 0 unspecified atom stereocenters. The van der Waals surface area contributed by atoms with Crippen molar-refractivity contribution >= 4 is 27.6 Å². The molecule has 2 N–H and O–H groups in total. The first-order valence-corrected chi connectivity index (χ1v) is 8.25. The van der Waals surface area contributed by atoms with Crippen LogP contribution in [0.3, 0.4) is 0 Å². The second kappa shape index (κ2) is 5.71. The van der Waals surface area contributed by atoms with Gasteiger partial charge in [0.05, 0.1) is 10.6 Å². The molecule has 0 heterocycles. The predicted molar refractivity (Wildman–Crippen MR) is 75.2 cm³/mol. The predicted octanol–water partition coefficient (Wildman–Crippen LogP) is 2.40. The van der Waals surface area contributed by atoms with E-state index >= 15 is 0 Å². The number of aryl methyl sites for hydroxylation is 1. The van der Waals surface area contributed by atoms with Crippen molar-refractivity contribution in [2.45, 2.75) is 43.6 Å². The number of hydrogen-bond donors (Lipinski definition) is 1. The van der Waals surface area contributed by atoms with Crippen molar-refractivity contribution in [3.8, 4) is 0 Å². The zero-order valence-corrected chi connectivity index (χ0v) is 12.6. The Labute approximate surface area is 123 Å². The highest BCUT2D eigenvalue weighted by Gasteiger charge is 2.23. The van der Waals surface area contributed by atoms with Gasteiger partial charge in [-0.2, -0.15) is 0 Å². The topological polar surface area (TPSA) is 86.5 Å². The Bertz CT molecular complexity index is 636. The number of primary sulfonamides is 1. The molecule has 20 heavy (non-hydrogen) atoms. The minimum Gasteiger partial charge on any atom is -0.459 e. The average Bonchev–Trinajstić information content (AvgIpc) is 2.83. The fraction of sp³-hybridized carbons (Fsp3) is 0.462. The van der Waals surface area contributed by atoms with Gasteiger partial charge in [0.15, 0.2) is 0 Å². The van der Waals surface area contributed by atoms with Crippen LogP contribution in [0.1, 0.15) is 41.6 Å². The van der Waals surface area contributed by atoms with Gasteiger partial charge in [0.2, 0.25) is 10.0 Å². The van der Waals surface area contributed by atoms with Crippen LogP contribution in [0.25, 0.3) is 0 Å². The van der Waals surface area contributed by atoms with Crippen LogP contribution >= 0.6 is 11.6 Å². The Hall–Kier alpha value is -1.11. The van der Waals surface area contributed by atoms with Gasteiger partial charge in [0.25, 0.3) is 0 Å². The molecule has 0 saturated heterocycles. The highest BCUT2D eigenvalue weighted by molar-refractivity contribution is 7.89. The number of carbonyl (C=O) groups is 1. The van der Waals surface area contributed by atoms with E-state index in [4.69, 9.17) is 21.5 Å². The molecule has 1 saturated carbocycles. The number of carbonyl (C=O) groups excluding carboxylic acids is 1. The summed E-state index contributed by atoms with van der Waals surface area (Å²) < 4.78 is 28.3. The summed E-state index contributed by atoms with van der Waals surface area (Å²) in [5.74, 6) is -0.540. The van der Waals surface area contributed by atoms with Crippen LogP contribution in [-0.2, 0) is 14.8 Å². The Morgan fingerprint density at radius 1 is 1.35 bits per heavy atom. The molecule has 1 aliphatic carbocycles. The van der Waals surface area contributed by atoms with Crippen LogP contribution in [0.15, 0.2) is 17.0 Å². The molecule has 0 amide bonds. The molecule has 0 radical (unpaired) electrons. The van der Waals surface area contributed by atoms with Gasteiger partial charge in [-0.15, -0.1) is 0 Å². The van der Waals surface area contributed by atoms with E-state index < -0.39 is 16.0 Å². The van der Waals surface area contributed by atoms with E-state index in [9.17, 15) is 13.2 Å². The largest absolute Gasteiger partial charge is 0.459 e. The summed E-state index contributed by atoms with van der Waals surface area (Å²) in [6.07, 6.45) is 3.69. The van der Waals surface area contributed by atoms with Crippen LogP contribution in [-0.4, -0.2) is 20.5 Å². The van der Waals surface area contributed by atoms with Crippen LogP contribution in [0.2, 0.25) is 5.02 Å². The first-order valence-electron chi connectivity index (χ1n) is 6.33. The molecule has 0 spiro atoms. The number of rotatable bonds is 3. The van der Waals surface area contributed by atoms with Crippen LogP contribution in [0.4, 0.5) is 0 Å². The summed E-state index contributed by atoms with van der Waals surface area (Å²) in [5, 5.41) is 5.13. The third-order valence-corrected chi connectivity index (χ3v) is 4.89. The van der Waals surface area contributed by atoms with E-state index in [0.717, 1.165) is 25.7 Å². The monoisotopic (exact) mass is 317 g/mol. The van der Waals surface area contributed by atoms with Gasteiger partial charge >= 0.3 is 5.97 Å². The second-order valence-electron chi connectivity index (χ2n) is 4.96. The molecule has 0 bridgehead atoms. The Kier molecular flexibility index (Phi) is 4.36. The lowest BCUT2D eigenvalue weighted by atomic mass is 10.1. The average molecular weight is 318 g/mol. The summed E-state index contributed by atoms with van der Waals surface area (Å²) >= 11 is 5.91. The van der Waals surface area contributed by atoms with Gasteiger partial charge in [-0.3, -0.25) is 0 Å². The first-order chi connectivity index (χ1) is 9.29. The van der Waals surface area contributed by atoms with E-state index in [2.05, 4.69) is 0 Å². The molecule has 0 aliphatic heterocycles.